The summed E-state index contributed by atoms with van der Waals surface area (Å²) >= 11 is 0. The van der Waals surface area contributed by atoms with Gasteiger partial charge >= 0.3 is 5.97 Å². The highest BCUT2D eigenvalue weighted by atomic mass is 19.1. The Morgan fingerprint density at radius 3 is 2.29 bits per heavy atom. The standard InChI is InChI=1S/C9H7F2NO2/c10-7-3-5(12)4-8(11)6(7)1-2-9(13)14/h1-4H,12H2,(H,13,14)/b2-1+. The molecule has 0 saturated heterocycles. The van der Waals surface area contributed by atoms with Gasteiger partial charge < -0.3 is 10.8 Å². The molecular weight excluding hydrogens is 192 g/mol. The molecule has 0 aliphatic rings. The molecule has 0 aromatic heterocycles. The molecule has 3 nitrogen and oxygen atoms in total. The van der Waals surface area contributed by atoms with Gasteiger partial charge in [-0.05, 0) is 18.2 Å². The number of hydrogen-bond donors (Lipinski definition) is 2. The highest BCUT2D eigenvalue weighted by molar-refractivity contribution is 5.85. The lowest BCUT2D eigenvalue weighted by molar-refractivity contribution is -0.131. The molecule has 3 N–H and O–H groups in total. The number of carbonyl (C=O) groups is 1. The fraction of sp³-hybridized carbons (Fsp3) is 0. The first-order valence-corrected chi connectivity index (χ1v) is 3.66. The van der Waals surface area contributed by atoms with Gasteiger partial charge in [-0.15, -0.1) is 0 Å². The first-order chi connectivity index (χ1) is 6.50. The minimum absolute atomic E-state index is 0.0486. The van der Waals surface area contributed by atoms with Gasteiger partial charge in [0.2, 0.25) is 0 Å². The Hall–Kier alpha value is -1.91. The molecule has 0 radical (unpaired) electrons. The third kappa shape index (κ3) is 2.29. The van der Waals surface area contributed by atoms with E-state index in [2.05, 4.69) is 0 Å². The monoisotopic (exact) mass is 199 g/mol. The molecule has 0 bridgehead atoms. The molecule has 1 aromatic rings. The normalized spacial score (nSPS) is 10.7. The van der Waals surface area contributed by atoms with Crippen molar-refractivity contribution in [3.63, 3.8) is 0 Å². The van der Waals surface area contributed by atoms with Crippen molar-refractivity contribution in [2.24, 2.45) is 0 Å². The minimum Gasteiger partial charge on any atom is -0.478 e. The number of hydrogen-bond acceptors (Lipinski definition) is 2. The summed E-state index contributed by atoms with van der Waals surface area (Å²) in [6.07, 6.45) is 1.49. The van der Waals surface area contributed by atoms with Crippen molar-refractivity contribution < 1.29 is 18.7 Å². The van der Waals surface area contributed by atoms with E-state index in [-0.39, 0.29) is 5.69 Å². The fourth-order valence-corrected chi connectivity index (χ4v) is 0.918. The van der Waals surface area contributed by atoms with Crippen molar-refractivity contribution in [3.8, 4) is 0 Å². The molecule has 14 heavy (non-hydrogen) atoms. The van der Waals surface area contributed by atoms with Gasteiger partial charge in [-0.1, -0.05) is 0 Å². The Balaban J connectivity index is 3.15. The number of rotatable bonds is 2. The van der Waals surface area contributed by atoms with E-state index in [4.69, 9.17) is 10.8 Å². The largest absolute Gasteiger partial charge is 0.478 e. The third-order valence-electron chi connectivity index (χ3n) is 1.49. The van der Waals surface area contributed by atoms with Crippen molar-refractivity contribution in [1.82, 2.24) is 0 Å². The molecule has 0 amide bonds. The quantitative estimate of drug-likeness (QED) is 0.562. The summed E-state index contributed by atoms with van der Waals surface area (Å²) in [4.78, 5) is 10.1. The van der Waals surface area contributed by atoms with Gasteiger partial charge in [0.1, 0.15) is 11.6 Å². The van der Waals surface area contributed by atoms with Gasteiger partial charge in [-0.3, -0.25) is 0 Å². The van der Waals surface area contributed by atoms with Crippen LogP contribution in [0.5, 0.6) is 0 Å². The molecule has 0 heterocycles. The Morgan fingerprint density at radius 1 is 1.36 bits per heavy atom. The zero-order valence-electron chi connectivity index (χ0n) is 7.00. The predicted octanol–water partition coefficient (Wildman–Crippen LogP) is 1.64. The van der Waals surface area contributed by atoms with E-state index in [1.807, 2.05) is 0 Å². The summed E-state index contributed by atoms with van der Waals surface area (Å²) in [7, 11) is 0. The molecule has 0 saturated carbocycles. The average Bonchev–Trinajstić information content (AvgIpc) is 2.01. The van der Waals surface area contributed by atoms with Crippen LogP contribution in [0.2, 0.25) is 0 Å². The maximum Gasteiger partial charge on any atom is 0.328 e. The smallest absolute Gasteiger partial charge is 0.328 e. The summed E-state index contributed by atoms with van der Waals surface area (Å²) < 4.78 is 26.0. The highest BCUT2D eigenvalue weighted by Crippen LogP contribution is 2.17. The number of nitrogen functional groups attached to an aromatic ring is 1. The minimum atomic E-state index is -1.28. The second kappa shape index (κ2) is 3.87. The number of carboxylic acids is 1. The molecule has 0 aliphatic carbocycles. The molecule has 0 fully saturated rings. The summed E-state index contributed by atoms with van der Waals surface area (Å²) in [6, 6.07) is 1.84. The van der Waals surface area contributed by atoms with Crippen molar-refractivity contribution >= 4 is 17.7 Å². The number of anilines is 1. The molecule has 1 rings (SSSR count). The lowest BCUT2D eigenvalue weighted by atomic mass is 10.1. The molecule has 0 atom stereocenters. The Bertz CT molecular complexity index is 379. The first-order valence-electron chi connectivity index (χ1n) is 3.66. The number of carboxylic acid groups (broad SMARTS) is 1. The van der Waals surface area contributed by atoms with Crippen LogP contribution >= 0.6 is 0 Å². The summed E-state index contributed by atoms with van der Waals surface area (Å²) in [5.41, 5.74) is 4.70. The summed E-state index contributed by atoms with van der Waals surface area (Å²) in [5.74, 6) is -3.05. The van der Waals surface area contributed by atoms with E-state index >= 15 is 0 Å². The SMILES string of the molecule is Nc1cc(F)c(/C=C/C(=O)O)c(F)c1. The van der Waals surface area contributed by atoms with E-state index in [0.29, 0.717) is 6.08 Å². The molecule has 0 unspecified atom stereocenters. The third-order valence-corrected chi connectivity index (χ3v) is 1.49. The molecule has 0 aliphatic heterocycles. The fourth-order valence-electron chi connectivity index (χ4n) is 0.918. The molecule has 0 spiro atoms. The summed E-state index contributed by atoms with van der Waals surface area (Å²) in [6.45, 7) is 0. The van der Waals surface area contributed by atoms with Crippen LogP contribution in [0, 0.1) is 11.6 Å². The zero-order chi connectivity index (χ0) is 10.7. The van der Waals surface area contributed by atoms with Gasteiger partial charge in [0.05, 0.1) is 0 Å². The lowest BCUT2D eigenvalue weighted by Crippen LogP contribution is -1.94. The van der Waals surface area contributed by atoms with Crippen LogP contribution in [0.25, 0.3) is 6.08 Å². The number of benzene rings is 1. The van der Waals surface area contributed by atoms with E-state index in [0.717, 1.165) is 18.2 Å². The van der Waals surface area contributed by atoms with E-state index in [1.54, 1.807) is 0 Å². The van der Waals surface area contributed by atoms with Gasteiger partial charge in [-0.2, -0.15) is 0 Å². The average molecular weight is 199 g/mol. The van der Waals surface area contributed by atoms with Crippen LogP contribution in [0.1, 0.15) is 5.56 Å². The number of nitrogens with two attached hydrogens (primary N) is 1. The molecule has 5 heteroatoms. The topological polar surface area (TPSA) is 63.3 Å². The van der Waals surface area contributed by atoms with Crippen LogP contribution in [0.15, 0.2) is 18.2 Å². The van der Waals surface area contributed by atoms with Gasteiger partial charge in [0, 0.05) is 17.3 Å². The maximum atomic E-state index is 13.0. The molecular formula is C9H7F2NO2. The van der Waals surface area contributed by atoms with Crippen molar-refractivity contribution in [2.75, 3.05) is 5.73 Å². The second-order valence-electron chi connectivity index (χ2n) is 2.57. The predicted molar refractivity (Wildman–Crippen MR) is 47.4 cm³/mol. The Morgan fingerprint density at radius 2 is 1.86 bits per heavy atom. The zero-order valence-corrected chi connectivity index (χ0v) is 7.00. The van der Waals surface area contributed by atoms with E-state index in [1.165, 1.54) is 0 Å². The van der Waals surface area contributed by atoms with Crippen LogP contribution in [0.4, 0.5) is 14.5 Å². The second-order valence-corrected chi connectivity index (χ2v) is 2.57. The molecule has 1 aromatic carbocycles. The van der Waals surface area contributed by atoms with Gasteiger partial charge in [0.15, 0.2) is 0 Å². The van der Waals surface area contributed by atoms with Crippen LogP contribution in [-0.2, 0) is 4.79 Å². The van der Waals surface area contributed by atoms with Gasteiger partial charge in [-0.25, -0.2) is 13.6 Å². The van der Waals surface area contributed by atoms with Crippen LogP contribution in [0.3, 0.4) is 0 Å². The number of halogens is 2. The highest BCUT2D eigenvalue weighted by Gasteiger charge is 2.07. The lowest BCUT2D eigenvalue weighted by Gasteiger charge is -2.00. The summed E-state index contributed by atoms with van der Waals surface area (Å²) in [5, 5.41) is 8.25. The van der Waals surface area contributed by atoms with E-state index in [9.17, 15) is 13.6 Å². The van der Waals surface area contributed by atoms with Crippen molar-refractivity contribution in [1.29, 1.82) is 0 Å². The Labute approximate surface area is 78.5 Å². The van der Waals surface area contributed by atoms with Crippen molar-refractivity contribution in [3.05, 3.63) is 35.4 Å². The Kier molecular flexibility index (Phi) is 2.81. The van der Waals surface area contributed by atoms with Gasteiger partial charge in [0.25, 0.3) is 0 Å². The van der Waals surface area contributed by atoms with E-state index < -0.39 is 23.2 Å². The first kappa shape index (κ1) is 10.2. The van der Waals surface area contributed by atoms with Crippen molar-refractivity contribution in [2.45, 2.75) is 0 Å². The molecule has 74 valence electrons. The van der Waals surface area contributed by atoms with Crippen LogP contribution < -0.4 is 5.73 Å². The number of aliphatic carboxylic acids is 1. The van der Waals surface area contributed by atoms with Crippen LogP contribution in [-0.4, -0.2) is 11.1 Å². The maximum absolute atomic E-state index is 13.0.